The third-order valence-electron chi connectivity index (χ3n) is 6.83. The summed E-state index contributed by atoms with van der Waals surface area (Å²) in [4.78, 5) is 0. The van der Waals surface area contributed by atoms with Crippen LogP contribution < -0.4 is 9.75 Å². The maximum absolute atomic E-state index is 2.49. The summed E-state index contributed by atoms with van der Waals surface area (Å²) in [5.41, 5.74) is 6.57. The molecule has 0 atom stereocenters. The van der Waals surface area contributed by atoms with Gasteiger partial charge in [-0.2, -0.15) is 0 Å². The van der Waals surface area contributed by atoms with Crippen LogP contribution in [-0.2, 0) is 7.05 Å². The molecule has 0 aliphatic rings. The van der Waals surface area contributed by atoms with E-state index in [1.165, 1.54) is 54.6 Å². The van der Waals surface area contributed by atoms with Crippen LogP contribution in [0.3, 0.4) is 0 Å². The second-order valence-corrected chi connectivity index (χ2v) is 15.6. The molecule has 0 fully saturated rings. The standard InChI is InChI=1S/C29H33N2Si/c1-19(2)31-27-11-9-8-10-24(27)26-16-20(3)25(18-28(26)31)29-23-13-12-22(32(5,6)7)17-21(23)14-15-30(29)4/h8-19H,1-7H3/q+1. The van der Waals surface area contributed by atoms with Crippen LogP contribution in [0.4, 0.5) is 0 Å². The number of rotatable bonds is 3. The molecule has 0 radical (unpaired) electrons. The molecule has 0 amide bonds. The molecule has 0 unspecified atom stereocenters. The number of fused-ring (bicyclic) bond motifs is 4. The van der Waals surface area contributed by atoms with Gasteiger partial charge in [-0.3, -0.25) is 0 Å². The maximum Gasteiger partial charge on any atom is 0.220 e. The number of aromatic nitrogens is 2. The minimum absolute atomic E-state index is 0.397. The Bertz CT molecular complexity index is 1500. The first-order valence-corrected chi connectivity index (χ1v) is 15.1. The molecule has 5 rings (SSSR count). The van der Waals surface area contributed by atoms with Gasteiger partial charge in [0.2, 0.25) is 5.69 Å². The summed E-state index contributed by atoms with van der Waals surface area (Å²) in [6.45, 7) is 14.1. The van der Waals surface area contributed by atoms with Gasteiger partial charge in [-0.15, -0.1) is 0 Å². The molecule has 0 aliphatic carbocycles. The smallest absolute Gasteiger partial charge is 0.220 e. The number of pyridine rings is 1. The molecule has 3 heteroatoms. The van der Waals surface area contributed by atoms with E-state index in [0.29, 0.717) is 6.04 Å². The summed E-state index contributed by atoms with van der Waals surface area (Å²) >= 11 is 0. The highest BCUT2D eigenvalue weighted by atomic mass is 28.3. The van der Waals surface area contributed by atoms with Crippen molar-refractivity contribution in [3.05, 3.63) is 72.4 Å². The molecule has 0 aliphatic heterocycles. The highest BCUT2D eigenvalue weighted by Gasteiger charge is 2.23. The van der Waals surface area contributed by atoms with Gasteiger partial charge in [0.25, 0.3) is 0 Å². The van der Waals surface area contributed by atoms with Gasteiger partial charge in [-0.05, 0) is 56.0 Å². The molecule has 0 saturated heterocycles. The zero-order valence-electron chi connectivity index (χ0n) is 20.3. The zero-order chi connectivity index (χ0) is 22.8. The summed E-state index contributed by atoms with van der Waals surface area (Å²) < 4.78 is 4.77. The van der Waals surface area contributed by atoms with Gasteiger partial charge in [0.15, 0.2) is 6.20 Å². The number of hydrogen-bond acceptors (Lipinski definition) is 0. The second kappa shape index (κ2) is 7.31. The average Bonchev–Trinajstić information content (AvgIpc) is 3.06. The summed E-state index contributed by atoms with van der Waals surface area (Å²) in [5.74, 6) is 0. The number of benzene rings is 3. The Morgan fingerprint density at radius 1 is 0.812 bits per heavy atom. The van der Waals surface area contributed by atoms with Crippen LogP contribution in [0.5, 0.6) is 0 Å². The molecule has 162 valence electrons. The Kier molecular flexibility index (Phi) is 4.79. The van der Waals surface area contributed by atoms with Crippen molar-refractivity contribution in [2.75, 3.05) is 0 Å². The minimum atomic E-state index is -1.36. The fourth-order valence-electron chi connectivity index (χ4n) is 5.14. The Balaban J connectivity index is 1.85. The highest BCUT2D eigenvalue weighted by Crippen LogP contribution is 2.37. The van der Waals surface area contributed by atoms with Crippen molar-refractivity contribution in [1.82, 2.24) is 4.57 Å². The van der Waals surface area contributed by atoms with Crippen molar-refractivity contribution in [3.63, 3.8) is 0 Å². The molecule has 3 aromatic carbocycles. The summed E-state index contributed by atoms with van der Waals surface area (Å²) in [6.07, 6.45) is 2.22. The largest absolute Gasteiger partial charge is 0.338 e. The van der Waals surface area contributed by atoms with Gasteiger partial charge < -0.3 is 4.57 Å². The van der Waals surface area contributed by atoms with Crippen molar-refractivity contribution in [3.8, 4) is 11.3 Å². The minimum Gasteiger partial charge on any atom is -0.338 e. The topological polar surface area (TPSA) is 8.81 Å². The summed E-state index contributed by atoms with van der Waals surface area (Å²) in [7, 11) is 0.812. The van der Waals surface area contributed by atoms with Crippen LogP contribution in [0, 0.1) is 6.92 Å². The Hall–Kier alpha value is -2.91. The normalized spacial score (nSPS) is 12.5. The molecule has 0 bridgehead atoms. The molecular weight excluding hydrogens is 404 g/mol. The summed E-state index contributed by atoms with van der Waals surface area (Å²) in [6, 6.07) is 23.4. The van der Waals surface area contributed by atoms with Crippen LogP contribution in [-0.4, -0.2) is 12.6 Å². The predicted molar refractivity (Wildman–Crippen MR) is 142 cm³/mol. The van der Waals surface area contributed by atoms with Gasteiger partial charge in [-0.25, -0.2) is 4.57 Å². The lowest BCUT2D eigenvalue weighted by molar-refractivity contribution is -0.659. The number of nitrogens with zero attached hydrogens (tertiary/aromatic N) is 2. The highest BCUT2D eigenvalue weighted by molar-refractivity contribution is 6.88. The van der Waals surface area contributed by atoms with Crippen LogP contribution in [0.15, 0.2) is 66.9 Å². The van der Waals surface area contributed by atoms with E-state index in [9.17, 15) is 0 Å². The molecule has 0 spiro atoms. The number of aryl methyl sites for hydroxylation is 2. The molecule has 2 heterocycles. The Morgan fingerprint density at radius 2 is 1.56 bits per heavy atom. The van der Waals surface area contributed by atoms with Crippen LogP contribution in [0.1, 0.15) is 25.5 Å². The lowest BCUT2D eigenvalue weighted by Crippen LogP contribution is -2.37. The molecule has 5 aromatic rings. The molecule has 2 nitrogen and oxygen atoms in total. The third kappa shape index (κ3) is 3.18. The van der Waals surface area contributed by atoms with Crippen LogP contribution >= 0.6 is 0 Å². The van der Waals surface area contributed by atoms with Crippen molar-refractivity contribution >= 4 is 45.8 Å². The van der Waals surface area contributed by atoms with Gasteiger partial charge in [0, 0.05) is 28.4 Å². The second-order valence-electron chi connectivity index (χ2n) is 10.5. The van der Waals surface area contributed by atoms with E-state index in [1.54, 1.807) is 0 Å². The van der Waals surface area contributed by atoms with Gasteiger partial charge in [0.1, 0.15) is 7.05 Å². The Morgan fingerprint density at radius 3 is 2.28 bits per heavy atom. The fraction of sp³-hybridized carbons (Fsp3) is 0.276. The Labute approximate surface area is 192 Å². The predicted octanol–water partition coefficient (Wildman–Crippen LogP) is 6.87. The first-order chi connectivity index (χ1) is 15.2. The molecular formula is C29H33N2Si+. The first-order valence-electron chi connectivity index (χ1n) is 11.6. The average molecular weight is 438 g/mol. The van der Waals surface area contributed by atoms with Gasteiger partial charge in [-0.1, -0.05) is 55.2 Å². The molecule has 32 heavy (non-hydrogen) atoms. The third-order valence-corrected chi connectivity index (χ3v) is 8.87. The van der Waals surface area contributed by atoms with Crippen molar-refractivity contribution in [2.45, 2.75) is 46.5 Å². The molecule has 0 saturated carbocycles. The quantitative estimate of drug-likeness (QED) is 0.215. The van der Waals surface area contributed by atoms with E-state index < -0.39 is 8.07 Å². The maximum atomic E-state index is 2.49. The van der Waals surface area contributed by atoms with Crippen LogP contribution in [0.25, 0.3) is 43.8 Å². The van der Waals surface area contributed by atoms with E-state index in [4.69, 9.17) is 0 Å². The van der Waals surface area contributed by atoms with Crippen LogP contribution in [0.2, 0.25) is 19.6 Å². The lowest BCUT2D eigenvalue weighted by atomic mass is 9.97. The SMILES string of the molecule is Cc1cc2c3ccccc3n(C(C)C)c2cc1-c1c2ccc([Si](C)(C)C)cc2cc[n+]1C. The molecule has 2 aromatic heterocycles. The van der Waals surface area contributed by atoms with Crippen molar-refractivity contribution < 1.29 is 4.57 Å². The van der Waals surface area contributed by atoms with E-state index in [0.717, 1.165) is 0 Å². The number of hydrogen-bond donors (Lipinski definition) is 0. The van der Waals surface area contributed by atoms with E-state index in [1.807, 2.05) is 0 Å². The zero-order valence-corrected chi connectivity index (χ0v) is 21.3. The first kappa shape index (κ1) is 21.0. The van der Waals surface area contributed by atoms with E-state index >= 15 is 0 Å². The van der Waals surface area contributed by atoms with Gasteiger partial charge >= 0.3 is 0 Å². The molecule has 0 N–H and O–H groups in total. The van der Waals surface area contributed by atoms with Crippen molar-refractivity contribution in [2.24, 2.45) is 7.05 Å². The van der Waals surface area contributed by atoms with E-state index in [2.05, 4.69) is 123 Å². The fourth-order valence-corrected chi connectivity index (χ4v) is 6.31. The monoisotopic (exact) mass is 437 g/mol. The van der Waals surface area contributed by atoms with Crippen molar-refractivity contribution in [1.29, 1.82) is 0 Å². The summed E-state index contributed by atoms with van der Waals surface area (Å²) in [5, 5.41) is 6.86. The van der Waals surface area contributed by atoms with E-state index in [-0.39, 0.29) is 0 Å². The van der Waals surface area contributed by atoms with Gasteiger partial charge in [0.05, 0.1) is 24.5 Å². The lowest BCUT2D eigenvalue weighted by Gasteiger charge is -2.18. The number of para-hydroxylation sites is 1.